The van der Waals surface area contributed by atoms with Crippen molar-refractivity contribution in [2.75, 3.05) is 31.1 Å². The van der Waals surface area contributed by atoms with Gasteiger partial charge in [0.15, 0.2) is 0 Å². The zero-order chi connectivity index (χ0) is 13.1. The fraction of sp³-hybridized carbons (Fsp3) is 0.385. The Hall–Kier alpha value is -0.980. The molecule has 4 nitrogen and oxygen atoms in total. The second kappa shape index (κ2) is 5.98. The lowest BCUT2D eigenvalue weighted by Gasteiger charge is -2.34. The van der Waals surface area contributed by atoms with Gasteiger partial charge in [0.05, 0.1) is 3.79 Å². The molecule has 0 amide bonds. The lowest BCUT2D eigenvalue weighted by molar-refractivity contribution is 0.249. The first-order valence-electron chi connectivity index (χ1n) is 6.28. The van der Waals surface area contributed by atoms with Gasteiger partial charge in [-0.05, 0) is 39.0 Å². The minimum Gasteiger partial charge on any atom is -0.338 e. The molecule has 0 aliphatic carbocycles. The molecule has 0 saturated carbocycles. The van der Waals surface area contributed by atoms with Crippen molar-refractivity contribution in [3.05, 3.63) is 39.3 Å². The van der Waals surface area contributed by atoms with Gasteiger partial charge in [0.25, 0.3) is 0 Å². The summed E-state index contributed by atoms with van der Waals surface area (Å²) < 4.78 is 1.21. The van der Waals surface area contributed by atoms with Gasteiger partial charge in [0.2, 0.25) is 5.95 Å². The van der Waals surface area contributed by atoms with E-state index in [2.05, 4.69) is 47.1 Å². The number of nitrogens with zero attached hydrogens (tertiary/aromatic N) is 4. The van der Waals surface area contributed by atoms with E-state index in [9.17, 15) is 0 Å². The van der Waals surface area contributed by atoms with Gasteiger partial charge >= 0.3 is 0 Å². The maximum absolute atomic E-state index is 4.31. The van der Waals surface area contributed by atoms with Crippen LogP contribution in [0.4, 0.5) is 5.95 Å². The molecule has 0 bridgehead atoms. The topological polar surface area (TPSA) is 32.3 Å². The highest BCUT2D eigenvalue weighted by Crippen LogP contribution is 2.22. The number of aromatic nitrogens is 2. The van der Waals surface area contributed by atoms with Crippen LogP contribution in [0.5, 0.6) is 0 Å². The van der Waals surface area contributed by atoms with Gasteiger partial charge in [-0.25, -0.2) is 9.97 Å². The zero-order valence-electron chi connectivity index (χ0n) is 10.5. The van der Waals surface area contributed by atoms with Gasteiger partial charge in [-0.15, -0.1) is 11.3 Å². The van der Waals surface area contributed by atoms with Gasteiger partial charge in [-0.1, -0.05) is 0 Å². The van der Waals surface area contributed by atoms with Crippen molar-refractivity contribution in [2.45, 2.75) is 6.54 Å². The smallest absolute Gasteiger partial charge is 0.225 e. The zero-order valence-corrected chi connectivity index (χ0v) is 12.9. The highest BCUT2D eigenvalue weighted by Gasteiger charge is 2.18. The number of anilines is 1. The van der Waals surface area contributed by atoms with Crippen LogP contribution in [-0.2, 0) is 6.54 Å². The van der Waals surface area contributed by atoms with Gasteiger partial charge < -0.3 is 4.90 Å². The molecule has 3 rings (SSSR count). The Morgan fingerprint density at radius 1 is 1.16 bits per heavy atom. The Morgan fingerprint density at radius 2 is 1.89 bits per heavy atom. The summed E-state index contributed by atoms with van der Waals surface area (Å²) in [5.74, 6) is 0.848. The molecule has 0 atom stereocenters. The number of halogens is 1. The Bertz CT molecular complexity index is 522. The van der Waals surface area contributed by atoms with Crippen LogP contribution in [0, 0.1) is 0 Å². The van der Waals surface area contributed by atoms with E-state index in [1.54, 1.807) is 23.7 Å². The van der Waals surface area contributed by atoms with Gasteiger partial charge in [0, 0.05) is 45.1 Å². The van der Waals surface area contributed by atoms with Gasteiger partial charge in [0.1, 0.15) is 0 Å². The second-order valence-electron chi connectivity index (χ2n) is 4.57. The van der Waals surface area contributed by atoms with Crippen molar-refractivity contribution in [3.63, 3.8) is 0 Å². The van der Waals surface area contributed by atoms with Crippen LogP contribution < -0.4 is 4.90 Å². The molecule has 6 heteroatoms. The first-order valence-corrected chi connectivity index (χ1v) is 7.96. The lowest BCUT2D eigenvalue weighted by Crippen LogP contribution is -2.46. The van der Waals surface area contributed by atoms with Crippen LogP contribution >= 0.6 is 27.3 Å². The fourth-order valence-corrected chi connectivity index (χ4v) is 3.45. The van der Waals surface area contributed by atoms with Crippen LogP contribution in [-0.4, -0.2) is 41.0 Å². The quantitative estimate of drug-likeness (QED) is 0.861. The monoisotopic (exact) mass is 338 g/mol. The number of hydrogen-bond donors (Lipinski definition) is 0. The standard InChI is InChI=1S/C13H15BrN4S/c14-12-8-11(10-19-12)9-17-4-6-18(7-5-17)13-15-2-1-3-16-13/h1-3,8,10H,4-7,9H2. The SMILES string of the molecule is Brc1cc(CN2CCN(c3ncccn3)CC2)cs1. The highest BCUT2D eigenvalue weighted by atomic mass is 79.9. The third-order valence-corrected chi connectivity index (χ3v) is 4.79. The highest BCUT2D eigenvalue weighted by molar-refractivity contribution is 9.11. The predicted molar refractivity (Wildman–Crippen MR) is 81.5 cm³/mol. The third kappa shape index (κ3) is 3.32. The van der Waals surface area contributed by atoms with E-state index >= 15 is 0 Å². The summed E-state index contributed by atoms with van der Waals surface area (Å²) in [5, 5.41) is 2.22. The normalized spacial score (nSPS) is 16.8. The third-order valence-electron chi connectivity index (χ3n) is 3.24. The van der Waals surface area contributed by atoms with Crippen LogP contribution in [0.2, 0.25) is 0 Å². The molecule has 0 radical (unpaired) electrons. The minimum atomic E-state index is 0.848. The average Bonchev–Trinajstić information content (AvgIpc) is 2.86. The first-order chi connectivity index (χ1) is 9.31. The molecule has 1 saturated heterocycles. The van der Waals surface area contributed by atoms with E-state index in [0.717, 1.165) is 38.7 Å². The van der Waals surface area contributed by atoms with Crippen LogP contribution in [0.15, 0.2) is 33.7 Å². The summed E-state index contributed by atoms with van der Waals surface area (Å²) in [6, 6.07) is 4.06. The predicted octanol–water partition coefficient (Wildman–Crippen LogP) is 2.62. The molecular formula is C13H15BrN4S. The molecule has 0 unspecified atom stereocenters. The Morgan fingerprint density at radius 3 is 2.53 bits per heavy atom. The van der Waals surface area contributed by atoms with Crippen LogP contribution in [0.1, 0.15) is 5.56 Å². The molecule has 0 spiro atoms. The summed E-state index contributed by atoms with van der Waals surface area (Å²) in [4.78, 5) is 13.3. The molecule has 2 aromatic heterocycles. The molecule has 3 heterocycles. The van der Waals surface area contributed by atoms with Crippen LogP contribution in [0.25, 0.3) is 0 Å². The van der Waals surface area contributed by atoms with Crippen molar-refractivity contribution in [3.8, 4) is 0 Å². The molecule has 0 aromatic carbocycles. The maximum Gasteiger partial charge on any atom is 0.225 e. The number of piperazine rings is 1. The summed E-state index contributed by atoms with van der Waals surface area (Å²) in [7, 11) is 0. The Labute approximate surface area is 125 Å². The van der Waals surface area contributed by atoms with Crippen molar-refractivity contribution < 1.29 is 0 Å². The molecule has 1 fully saturated rings. The van der Waals surface area contributed by atoms with E-state index in [0.29, 0.717) is 0 Å². The van der Waals surface area contributed by atoms with E-state index in [1.165, 1.54) is 9.35 Å². The van der Waals surface area contributed by atoms with E-state index in [4.69, 9.17) is 0 Å². The fourth-order valence-electron chi connectivity index (χ4n) is 2.25. The molecular weight excluding hydrogens is 324 g/mol. The first kappa shape index (κ1) is 13.0. The summed E-state index contributed by atoms with van der Waals surface area (Å²) >= 11 is 5.26. The average molecular weight is 339 g/mol. The number of hydrogen-bond acceptors (Lipinski definition) is 5. The summed E-state index contributed by atoms with van der Waals surface area (Å²) in [6.45, 7) is 5.15. The molecule has 1 aliphatic heterocycles. The summed E-state index contributed by atoms with van der Waals surface area (Å²) in [6.07, 6.45) is 3.61. The van der Waals surface area contributed by atoms with E-state index in [-0.39, 0.29) is 0 Å². The van der Waals surface area contributed by atoms with Crippen LogP contribution in [0.3, 0.4) is 0 Å². The van der Waals surface area contributed by atoms with Crippen molar-refractivity contribution in [1.29, 1.82) is 0 Å². The Balaban J connectivity index is 1.55. The molecule has 2 aromatic rings. The minimum absolute atomic E-state index is 0.848. The van der Waals surface area contributed by atoms with E-state index < -0.39 is 0 Å². The van der Waals surface area contributed by atoms with Crippen molar-refractivity contribution in [1.82, 2.24) is 14.9 Å². The number of thiophene rings is 1. The lowest BCUT2D eigenvalue weighted by atomic mass is 10.2. The van der Waals surface area contributed by atoms with Gasteiger partial charge in [-0.2, -0.15) is 0 Å². The van der Waals surface area contributed by atoms with Gasteiger partial charge in [-0.3, -0.25) is 4.90 Å². The molecule has 19 heavy (non-hydrogen) atoms. The molecule has 1 aliphatic rings. The second-order valence-corrected chi connectivity index (χ2v) is 6.86. The summed E-state index contributed by atoms with van der Waals surface area (Å²) in [5.41, 5.74) is 1.39. The van der Waals surface area contributed by atoms with E-state index in [1.807, 2.05) is 6.07 Å². The Kier molecular flexibility index (Phi) is 4.10. The molecule has 0 N–H and O–H groups in total. The largest absolute Gasteiger partial charge is 0.338 e. The van der Waals surface area contributed by atoms with Crippen molar-refractivity contribution in [2.24, 2.45) is 0 Å². The van der Waals surface area contributed by atoms with Crippen molar-refractivity contribution >= 4 is 33.2 Å². The maximum atomic E-state index is 4.31. The molecule has 100 valence electrons. The number of rotatable bonds is 3.